The fraction of sp³-hybridized carbons (Fsp3) is 0.208. The number of carbonyl (C=O) groups excluding carboxylic acids is 4. The molecule has 0 radical (unpaired) electrons. The number of rotatable bonds is 16. The Labute approximate surface area is 834 Å². The van der Waals surface area contributed by atoms with Crippen LogP contribution in [-0.4, -0.2) is 72.2 Å². The minimum Gasteiger partial charge on any atom is -0.285 e. The van der Waals surface area contributed by atoms with Gasteiger partial charge in [-0.15, -0.1) is 0 Å². The van der Waals surface area contributed by atoms with Crippen LogP contribution in [0.2, 0.25) is 55.2 Å². The van der Waals surface area contributed by atoms with E-state index in [0.717, 1.165) is 94.8 Å². The molecule has 678 valence electrons. The molecule has 3 unspecified atom stereocenters. The number of hydrazone groups is 4. The number of nitrogens with one attached hydrogen (secondary N) is 4. The summed E-state index contributed by atoms with van der Waals surface area (Å²) in [6.45, 7) is 12.3. The van der Waals surface area contributed by atoms with E-state index < -0.39 is 0 Å². The van der Waals surface area contributed by atoms with E-state index in [4.69, 9.17) is 148 Å². The first-order valence-electron chi connectivity index (χ1n) is 43.1. The number of para-hydroxylation sites is 4. The molecule has 4 N–H and O–H groups in total. The molecule has 20 rings (SSSR count). The predicted octanol–water partition coefficient (Wildman–Crippen LogP) is 25.7. The van der Waals surface area contributed by atoms with Crippen molar-refractivity contribution >= 4 is 236 Å². The van der Waals surface area contributed by atoms with Crippen molar-refractivity contribution in [2.75, 3.05) is 59.7 Å². The Kier molecular flexibility index (Phi) is 28.9. The summed E-state index contributed by atoms with van der Waals surface area (Å²) in [5, 5.41) is 39.9. The van der Waals surface area contributed by atoms with Crippen LogP contribution in [0.4, 0.5) is 45.5 Å². The van der Waals surface area contributed by atoms with Crippen molar-refractivity contribution in [3.63, 3.8) is 0 Å². The fourth-order valence-electron chi connectivity index (χ4n) is 18.2. The number of fused-ring (bicyclic) bond motifs is 4. The highest BCUT2D eigenvalue weighted by atomic mass is 79.9. The van der Waals surface area contributed by atoms with Gasteiger partial charge in [0.15, 0.2) is 0 Å². The van der Waals surface area contributed by atoms with Crippen LogP contribution in [0.3, 0.4) is 0 Å². The van der Waals surface area contributed by atoms with Gasteiger partial charge >= 0.3 is 0 Å². The highest BCUT2D eigenvalue weighted by Crippen LogP contribution is 2.49. The summed E-state index contributed by atoms with van der Waals surface area (Å²) in [6.07, 6.45) is 3.54. The molecule has 0 saturated carbocycles. The fourth-order valence-corrected chi connectivity index (χ4v) is 20.8. The molecule has 0 fully saturated rings. The average Bonchev–Trinajstić information content (AvgIpc) is 1.63. The molecule has 0 spiro atoms. The normalized spacial score (nSPS) is 20.0. The van der Waals surface area contributed by atoms with Crippen molar-refractivity contribution in [1.82, 2.24) is 21.7 Å². The minimum absolute atomic E-state index is 0.146. The maximum Gasteiger partial charge on any atom is 0.286 e. The summed E-state index contributed by atoms with van der Waals surface area (Å²) in [6, 6.07) is 83.5. The van der Waals surface area contributed by atoms with Crippen LogP contribution in [0.25, 0.3) is 0 Å². The number of nitrogens with zero attached hydrogens (tertiary/aromatic N) is 12. The molecule has 4 amide bonds. The molecular formula is C101H86BrCl11N16O4. The summed E-state index contributed by atoms with van der Waals surface area (Å²) < 4.78 is 0.986. The van der Waals surface area contributed by atoms with Crippen LogP contribution in [0.15, 0.2) is 292 Å². The van der Waals surface area contributed by atoms with Crippen LogP contribution in [0, 0.1) is 23.7 Å². The standard InChI is InChI=1S/C26H23Cl3N4O.C25H21BrCl2N4O.2C25H21Cl3N4O/c1-15-13-18-5-3-4-6-22(18)32(15)31-26(34)24-16(2)25(17-7-9-19(27)10-8-17)33(30-24)23-12-11-20(28)14-21(23)29;3*1-15-23(25(33)30-31-13-12-16-4-2-3-5-21(16)31)29-32(22-11-10-19(27)14-20(22)28)24(15)17-6-8-18(26)9-7-17/h3-12,14-16,25H,13H2,1-2H3,(H,31,34);3*2-11,14-15,24H,12-13H2,1H3,(H,30,33)/t15?,16-,25+;2*15-,24+;/m000./s1. The molecular weight excluding hydrogens is 1970 g/mol. The quantitative estimate of drug-likeness (QED) is 0.0717. The van der Waals surface area contributed by atoms with Gasteiger partial charge in [-0.3, -0.25) is 81.0 Å². The van der Waals surface area contributed by atoms with Gasteiger partial charge in [-0.2, -0.15) is 20.4 Å². The lowest BCUT2D eigenvalue weighted by Crippen LogP contribution is -2.49. The largest absolute Gasteiger partial charge is 0.286 e. The molecule has 8 heterocycles. The summed E-state index contributed by atoms with van der Waals surface area (Å²) in [5.41, 5.74) is 29.7. The minimum atomic E-state index is -0.236. The van der Waals surface area contributed by atoms with Gasteiger partial charge in [0.2, 0.25) is 0 Å². The highest BCUT2D eigenvalue weighted by molar-refractivity contribution is 9.10. The average molecular weight is 2060 g/mol. The summed E-state index contributed by atoms with van der Waals surface area (Å²) in [7, 11) is 0. The van der Waals surface area contributed by atoms with E-state index in [1.807, 2.05) is 252 Å². The predicted molar refractivity (Wildman–Crippen MR) is 549 cm³/mol. The first-order chi connectivity index (χ1) is 64.1. The zero-order valence-corrected chi connectivity index (χ0v) is 82.0. The first-order valence-corrected chi connectivity index (χ1v) is 48.1. The van der Waals surface area contributed by atoms with Crippen LogP contribution < -0.4 is 61.8 Å². The molecule has 0 aliphatic carbocycles. The Bertz CT molecular complexity index is 6120. The first kappa shape index (κ1) is 94.1. The topological polar surface area (TPSA) is 192 Å². The van der Waals surface area contributed by atoms with Crippen molar-refractivity contribution < 1.29 is 19.2 Å². The van der Waals surface area contributed by atoms with E-state index in [9.17, 15) is 19.2 Å². The molecule has 12 aromatic rings. The van der Waals surface area contributed by atoms with Gasteiger partial charge in [0, 0.05) is 82.9 Å². The lowest BCUT2D eigenvalue weighted by atomic mass is 9.91. The number of carbonyl (C=O) groups is 4. The zero-order valence-electron chi connectivity index (χ0n) is 72.1. The Morgan fingerprint density at radius 2 is 0.526 bits per heavy atom. The molecule has 8 aliphatic heterocycles. The lowest BCUT2D eigenvalue weighted by molar-refractivity contribution is -0.116. The summed E-state index contributed by atoms with van der Waals surface area (Å²) in [5.74, 6) is -1.68. The van der Waals surface area contributed by atoms with Gasteiger partial charge in [-0.1, -0.05) is 293 Å². The Morgan fingerprint density at radius 3 is 0.805 bits per heavy atom. The number of hydrogen-bond acceptors (Lipinski definition) is 16. The molecule has 133 heavy (non-hydrogen) atoms. The number of anilines is 8. The SMILES string of the molecule is CC1C(C(=O)NN2CCc3ccccc32)=NN(c2ccc(Cl)cc2Cl)C1c1ccc(Cl)cc1.CC1Cc2ccccc2N1NC(=O)C1=NN(c2ccc(Cl)cc2Cl)[C@@H](c2ccc(Cl)cc2)[C@H]1C.C[C@H]1C(C(=O)NN2CCc3ccccc32)=NN(c2ccc(Cl)cc2Cl)[C@H]1c1ccc(Br)cc1.C[C@H]1C(C(=O)NN2CCc3ccccc32)=NN(c2ccc(Cl)cc2Cl)[C@H]1c1ccc(Cl)cc1. The van der Waals surface area contributed by atoms with Gasteiger partial charge in [0.25, 0.3) is 23.6 Å². The third kappa shape index (κ3) is 20.2. The van der Waals surface area contributed by atoms with Gasteiger partial charge in [-0.05, 0) is 223 Å². The zero-order chi connectivity index (χ0) is 93.3. The maximum atomic E-state index is 13.5. The number of halogens is 12. The van der Waals surface area contributed by atoms with E-state index in [-0.39, 0.29) is 77.5 Å². The third-order valence-electron chi connectivity index (χ3n) is 24.7. The van der Waals surface area contributed by atoms with Gasteiger partial charge in [0.1, 0.15) is 22.8 Å². The smallest absolute Gasteiger partial charge is 0.285 e. The van der Waals surface area contributed by atoms with E-state index >= 15 is 0 Å². The Hall–Kier alpha value is -10.7. The van der Waals surface area contributed by atoms with E-state index in [2.05, 4.69) is 68.8 Å². The Morgan fingerprint density at radius 1 is 0.286 bits per heavy atom. The highest BCUT2D eigenvalue weighted by Gasteiger charge is 2.46. The second-order valence-corrected chi connectivity index (χ2v) is 38.8. The van der Waals surface area contributed by atoms with Crippen LogP contribution in [-0.2, 0) is 44.9 Å². The van der Waals surface area contributed by atoms with Gasteiger partial charge < -0.3 is 0 Å². The molecule has 0 aromatic heterocycles. The number of hydrazine groups is 4. The monoisotopic (exact) mass is 2050 g/mol. The van der Waals surface area contributed by atoms with Crippen LogP contribution >= 0.6 is 144 Å². The van der Waals surface area contributed by atoms with Crippen molar-refractivity contribution in [3.05, 3.63) is 371 Å². The second kappa shape index (κ2) is 40.8. The molecule has 32 heteroatoms. The number of hydrogen-bond donors (Lipinski definition) is 4. The third-order valence-corrected chi connectivity index (χ3v) is 28.2. The maximum absolute atomic E-state index is 13.5. The molecule has 12 aromatic carbocycles. The van der Waals surface area contributed by atoms with Crippen LogP contribution in [0.5, 0.6) is 0 Å². The molecule has 9 atom stereocenters. The van der Waals surface area contributed by atoms with Crippen molar-refractivity contribution in [3.8, 4) is 0 Å². The lowest BCUT2D eigenvalue weighted by Gasteiger charge is -2.28. The van der Waals surface area contributed by atoms with Crippen molar-refractivity contribution in [1.29, 1.82) is 0 Å². The molecule has 8 aliphatic rings. The van der Waals surface area contributed by atoms with Gasteiger partial charge in [0.05, 0.1) is 95.8 Å². The molecule has 0 saturated heterocycles. The molecule has 0 bridgehead atoms. The van der Waals surface area contributed by atoms with Crippen molar-refractivity contribution in [2.45, 2.75) is 90.5 Å². The second-order valence-electron chi connectivity index (χ2n) is 33.2. The van der Waals surface area contributed by atoms with E-state index in [0.29, 0.717) is 101 Å². The van der Waals surface area contributed by atoms with Crippen LogP contribution in [0.1, 0.15) is 103 Å². The molecule has 20 nitrogen and oxygen atoms in total. The van der Waals surface area contributed by atoms with Gasteiger partial charge in [-0.25, -0.2) is 0 Å². The summed E-state index contributed by atoms with van der Waals surface area (Å²) >= 11 is 72.5. The van der Waals surface area contributed by atoms with E-state index in [1.54, 1.807) is 58.5 Å². The number of benzene rings is 12. The van der Waals surface area contributed by atoms with E-state index in [1.165, 1.54) is 22.3 Å². The van der Waals surface area contributed by atoms with Crippen molar-refractivity contribution in [2.24, 2.45) is 44.1 Å². The summed E-state index contributed by atoms with van der Waals surface area (Å²) in [4.78, 5) is 53.7. The Balaban J connectivity index is 0.000000124. The number of amides is 4.